The van der Waals surface area contributed by atoms with E-state index < -0.39 is 11.9 Å². The summed E-state index contributed by atoms with van der Waals surface area (Å²) in [5.41, 5.74) is 7.10. The van der Waals surface area contributed by atoms with E-state index >= 15 is 0 Å². The zero-order valence-corrected chi connectivity index (χ0v) is 12.4. The third-order valence-corrected chi connectivity index (χ3v) is 3.53. The second-order valence-electron chi connectivity index (χ2n) is 4.69. The Morgan fingerprint density at radius 3 is 2.74 bits per heavy atom. The fourth-order valence-electron chi connectivity index (χ4n) is 2.05. The van der Waals surface area contributed by atoms with Crippen LogP contribution < -0.4 is 11.1 Å². The highest BCUT2D eigenvalue weighted by Gasteiger charge is 2.21. The number of fused-ring (bicyclic) bond motifs is 1. The molecule has 1 aromatic heterocycles. The maximum atomic E-state index is 11.7. The van der Waals surface area contributed by atoms with E-state index in [1.807, 2.05) is 38.1 Å². The maximum absolute atomic E-state index is 11.7. The van der Waals surface area contributed by atoms with Crippen molar-refractivity contribution in [2.75, 3.05) is 0 Å². The van der Waals surface area contributed by atoms with Gasteiger partial charge in [0, 0.05) is 27.7 Å². The number of primary amides is 1. The number of aromatic nitrogens is 1. The minimum atomic E-state index is -0.537. The van der Waals surface area contributed by atoms with Gasteiger partial charge in [-0.3, -0.25) is 15.1 Å². The summed E-state index contributed by atoms with van der Waals surface area (Å²) in [5, 5.41) is 4.15. The molecular weight excluding hydrogens is 306 g/mol. The molecule has 4 nitrogen and oxygen atoms in total. The van der Waals surface area contributed by atoms with Crippen LogP contribution in [0, 0.1) is 0 Å². The van der Waals surface area contributed by atoms with E-state index in [9.17, 15) is 4.79 Å². The Morgan fingerprint density at radius 2 is 2.11 bits per heavy atom. The molecule has 0 spiro atoms. The average molecular weight is 322 g/mol. The highest BCUT2D eigenvalue weighted by molar-refractivity contribution is 9.10. The maximum Gasteiger partial charge on any atom is 0.239 e. The van der Waals surface area contributed by atoms with Crippen molar-refractivity contribution >= 4 is 32.7 Å². The van der Waals surface area contributed by atoms with Crippen molar-refractivity contribution < 1.29 is 4.79 Å². The molecule has 5 heteroatoms. The minimum Gasteiger partial charge on any atom is -0.368 e. The summed E-state index contributed by atoms with van der Waals surface area (Å²) in [5.74, 6) is -0.400. The molecule has 0 aliphatic heterocycles. The molecule has 1 heterocycles. The van der Waals surface area contributed by atoms with Gasteiger partial charge in [0.2, 0.25) is 5.91 Å². The number of hydrogen-bond donors (Lipinski definition) is 2. The van der Waals surface area contributed by atoms with Gasteiger partial charge in [-0.1, -0.05) is 28.1 Å². The minimum absolute atomic E-state index is 0.153. The normalized spacial score (nSPS) is 12.8. The summed E-state index contributed by atoms with van der Waals surface area (Å²) in [6, 6.07) is 7.24. The van der Waals surface area contributed by atoms with E-state index in [1.165, 1.54) is 0 Å². The van der Waals surface area contributed by atoms with Gasteiger partial charge in [0.25, 0.3) is 0 Å². The van der Waals surface area contributed by atoms with Crippen molar-refractivity contribution in [2.24, 2.45) is 5.73 Å². The predicted octanol–water partition coefficient (Wildman–Crippen LogP) is 2.52. The first-order valence-electron chi connectivity index (χ1n) is 6.09. The number of halogens is 1. The number of nitrogens with one attached hydrogen (secondary N) is 1. The van der Waals surface area contributed by atoms with Gasteiger partial charge in [-0.15, -0.1) is 0 Å². The van der Waals surface area contributed by atoms with E-state index in [4.69, 9.17) is 5.73 Å². The van der Waals surface area contributed by atoms with Crippen molar-refractivity contribution in [3.8, 4) is 0 Å². The molecule has 1 atom stereocenters. The number of nitrogens with zero attached hydrogens (tertiary/aromatic N) is 1. The smallest absolute Gasteiger partial charge is 0.239 e. The van der Waals surface area contributed by atoms with Gasteiger partial charge in [0.05, 0.1) is 5.52 Å². The van der Waals surface area contributed by atoms with Crippen molar-refractivity contribution in [3.05, 3.63) is 40.5 Å². The summed E-state index contributed by atoms with van der Waals surface area (Å²) in [6.07, 6.45) is 1.71. The molecule has 0 aliphatic carbocycles. The molecule has 0 aliphatic rings. The van der Waals surface area contributed by atoms with Crippen LogP contribution in [0.1, 0.15) is 25.5 Å². The SMILES string of the molecule is CC(C)NC(C(N)=O)c1ccc(Br)c2cccnc12. The lowest BCUT2D eigenvalue weighted by molar-refractivity contribution is -0.120. The first-order valence-corrected chi connectivity index (χ1v) is 6.88. The van der Waals surface area contributed by atoms with Crippen LogP contribution in [0.15, 0.2) is 34.9 Å². The summed E-state index contributed by atoms with van der Waals surface area (Å²) in [7, 11) is 0. The molecule has 19 heavy (non-hydrogen) atoms. The fraction of sp³-hybridized carbons (Fsp3) is 0.286. The molecule has 2 rings (SSSR count). The first kappa shape index (κ1) is 14.0. The lowest BCUT2D eigenvalue weighted by Gasteiger charge is -2.20. The standard InChI is InChI=1S/C14H16BrN3O/c1-8(2)18-13(14(16)19)10-5-6-11(15)9-4-3-7-17-12(9)10/h3-8,13,18H,1-2H3,(H2,16,19). The molecule has 3 N–H and O–H groups in total. The number of benzene rings is 1. The highest BCUT2D eigenvalue weighted by Crippen LogP contribution is 2.28. The van der Waals surface area contributed by atoms with Gasteiger partial charge < -0.3 is 5.73 Å². The van der Waals surface area contributed by atoms with Gasteiger partial charge in [0.15, 0.2) is 0 Å². The molecule has 2 aromatic rings. The Bertz CT molecular complexity index is 613. The Hall–Kier alpha value is -1.46. The zero-order chi connectivity index (χ0) is 14.0. The second-order valence-corrected chi connectivity index (χ2v) is 5.55. The van der Waals surface area contributed by atoms with E-state index in [0.717, 1.165) is 20.9 Å². The average Bonchev–Trinajstić information content (AvgIpc) is 2.37. The van der Waals surface area contributed by atoms with Gasteiger partial charge in [-0.25, -0.2) is 0 Å². The van der Waals surface area contributed by atoms with Crippen molar-refractivity contribution in [2.45, 2.75) is 25.9 Å². The number of nitrogens with two attached hydrogens (primary N) is 1. The Labute approximate surface area is 120 Å². The quantitative estimate of drug-likeness (QED) is 0.909. The summed E-state index contributed by atoms with van der Waals surface area (Å²) >= 11 is 3.49. The number of amides is 1. The first-order chi connectivity index (χ1) is 9.00. The van der Waals surface area contributed by atoms with E-state index in [0.29, 0.717) is 0 Å². The topological polar surface area (TPSA) is 68.0 Å². The molecule has 0 radical (unpaired) electrons. The molecular formula is C14H16BrN3O. The number of pyridine rings is 1. The van der Waals surface area contributed by atoms with Crippen LogP contribution in [-0.2, 0) is 4.79 Å². The van der Waals surface area contributed by atoms with Crippen LogP contribution in [0.5, 0.6) is 0 Å². The van der Waals surface area contributed by atoms with Gasteiger partial charge >= 0.3 is 0 Å². The molecule has 1 amide bonds. The third kappa shape index (κ3) is 2.93. The monoisotopic (exact) mass is 321 g/mol. The lowest BCUT2D eigenvalue weighted by Crippen LogP contribution is -2.37. The van der Waals surface area contributed by atoms with Gasteiger partial charge in [-0.05, 0) is 26.0 Å². The fourth-order valence-corrected chi connectivity index (χ4v) is 2.50. The largest absolute Gasteiger partial charge is 0.368 e. The van der Waals surface area contributed by atoms with Crippen LogP contribution in [0.4, 0.5) is 0 Å². The van der Waals surface area contributed by atoms with E-state index in [-0.39, 0.29) is 6.04 Å². The number of carbonyl (C=O) groups excluding carboxylic acids is 1. The second kappa shape index (κ2) is 5.67. The van der Waals surface area contributed by atoms with Gasteiger partial charge in [-0.2, -0.15) is 0 Å². The van der Waals surface area contributed by atoms with Crippen LogP contribution >= 0.6 is 15.9 Å². The van der Waals surface area contributed by atoms with Crippen molar-refractivity contribution in [1.29, 1.82) is 0 Å². The van der Waals surface area contributed by atoms with Crippen molar-refractivity contribution in [1.82, 2.24) is 10.3 Å². The van der Waals surface area contributed by atoms with Crippen LogP contribution in [0.3, 0.4) is 0 Å². The molecule has 0 saturated carbocycles. The molecule has 1 aromatic carbocycles. The van der Waals surface area contributed by atoms with Crippen molar-refractivity contribution in [3.63, 3.8) is 0 Å². The summed E-state index contributed by atoms with van der Waals surface area (Å²) in [6.45, 7) is 3.95. The van der Waals surface area contributed by atoms with Crippen LogP contribution in [-0.4, -0.2) is 16.9 Å². The third-order valence-electron chi connectivity index (χ3n) is 2.84. The Kier molecular flexibility index (Phi) is 4.17. The van der Waals surface area contributed by atoms with E-state index in [2.05, 4.69) is 26.2 Å². The highest BCUT2D eigenvalue weighted by atomic mass is 79.9. The number of carbonyl (C=O) groups is 1. The lowest BCUT2D eigenvalue weighted by atomic mass is 10.0. The van der Waals surface area contributed by atoms with Crippen LogP contribution in [0.25, 0.3) is 10.9 Å². The van der Waals surface area contributed by atoms with E-state index in [1.54, 1.807) is 6.20 Å². The predicted molar refractivity (Wildman–Crippen MR) is 79.7 cm³/mol. The number of hydrogen-bond acceptors (Lipinski definition) is 3. The molecule has 1 unspecified atom stereocenters. The molecule has 0 bridgehead atoms. The number of rotatable bonds is 4. The van der Waals surface area contributed by atoms with Crippen LogP contribution in [0.2, 0.25) is 0 Å². The summed E-state index contributed by atoms with van der Waals surface area (Å²) in [4.78, 5) is 16.1. The Balaban J connectivity index is 2.60. The summed E-state index contributed by atoms with van der Waals surface area (Å²) < 4.78 is 0.951. The zero-order valence-electron chi connectivity index (χ0n) is 10.9. The Morgan fingerprint density at radius 1 is 1.37 bits per heavy atom. The molecule has 0 fully saturated rings. The molecule has 0 saturated heterocycles. The van der Waals surface area contributed by atoms with Gasteiger partial charge in [0.1, 0.15) is 6.04 Å². The molecule has 100 valence electrons.